The summed E-state index contributed by atoms with van der Waals surface area (Å²) in [6, 6.07) is 3.24. The molecule has 3 aliphatic rings. The van der Waals surface area contributed by atoms with Crippen molar-refractivity contribution in [1.29, 1.82) is 0 Å². The minimum Gasteiger partial charge on any atom is -0.310 e. The summed E-state index contributed by atoms with van der Waals surface area (Å²) in [5.41, 5.74) is 0. The van der Waals surface area contributed by atoms with Crippen molar-refractivity contribution in [3.05, 3.63) is 0 Å². The molecule has 168 valence electrons. The largest absolute Gasteiger partial charge is 0.310 e. The molecule has 2 saturated carbocycles. The van der Waals surface area contributed by atoms with Crippen molar-refractivity contribution in [2.24, 2.45) is 0 Å². The minimum absolute atomic E-state index is 0.500. The van der Waals surface area contributed by atoms with Crippen molar-refractivity contribution in [2.75, 3.05) is 26.2 Å². The molecule has 0 amide bonds. The van der Waals surface area contributed by atoms with Crippen LogP contribution in [0.2, 0.25) is 0 Å². The zero-order chi connectivity index (χ0) is 21.3. The van der Waals surface area contributed by atoms with Gasteiger partial charge in [-0.05, 0) is 52.4 Å². The third-order valence-electron chi connectivity index (χ3n) is 7.68. The van der Waals surface area contributed by atoms with E-state index >= 15 is 0 Å². The summed E-state index contributed by atoms with van der Waals surface area (Å²) in [7, 11) is 0. The molecule has 1 heterocycles. The first-order valence-corrected chi connectivity index (χ1v) is 12.5. The molecular formula is C26H44N4. The van der Waals surface area contributed by atoms with Crippen LogP contribution in [0.1, 0.15) is 78.1 Å². The monoisotopic (exact) mass is 412 g/mol. The van der Waals surface area contributed by atoms with E-state index in [9.17, 15) is 0 Å². The van der Waals surface area contributed by atoms with Crippen LogP contribution in [-0.4, -0.2) is 72.2 Å². The standard InChI is InChI=1S/C26H44N4/c1-5-17-29-19-15-21(3)28-24-12-8-10-14-26(24)30(18-6-2)20-16-22(4)27-23-11-7-9-13-25(23)29/h1-2,21-28H,7-20H2,3-4H3. The number of hydrogen-bond donors (Lipinski definition) is 2. The second kappa shape index (κ2) is 12.1. The summed E-state index contributed by atoms with van der Waals surface area (Å²) in [5.74, 6) is 5.90. The van der Waals surface area contributed by atoms with Gasteiger partial charge >= 0.3 is 0 Å². The summed E-state index contributed by atoms with van der Waals surface area (Å²) in [6.45, 7) is 8.42. The fraction of sp³-hybridized carbons (Fsp3) is 0.846. The Balaban J connectivity index is 1.78. The second-order valence-corrected chi connectivity index (χ2v) is 9.98. The number of terminal acetylenes is 2. The Morgan fingerprint density at radius 2 is 1.07 bits per heavy atom. The van der Waals surface area contributed by atoms with Crippen LogP contribution in [0.5, 0.6) is 0 Å². The van der Waals surface area contributed by atoms with E-state index in [4.69, 9.17) is 12.8 Å². The lowest BCUT2D eigenvalue weighted by Crippen LogP contribution is -2.57. The number of rotatable bonds is 2. The van der Waals surface area contributed by atoms with Crippen molar-refractivity contribution in [3.8, 4) is 24.7 Å². The molecule has 6 unspecified atom stereocenters. The molecule has 0 aromatic rings. The van der Waals surface area contributed by atoms with Gasteiger partial charge in [-0.15, -0.1) is 12.8 Å². The van der Waals surface area contributed by atoms with Crippen LogP contribution in [0.3, 0.4) is 0 Å². The Morgan fingerprint density at radius 1 is 0.667 bits per heavy atom. The molecule has 2 N–H and O–H groups in total. The zero-order valence-electron chi connectivity index (χ0n) is 19.4. The van der Waals surface area contributed by atoms with Gasteiger partial charge in [0.15, 0.2) is 0 Å². The van der Waals surface area contributed by atoms with Crippen molar-refractivity contribution >= 4 is 0 Å². The number of nitrogens with zero attached hydrogens (tertiary/aromatic N) is 2. The summed E-state index contributed by atoms with van der Waals surface area (Å²) in [5, 5.41) is 8.01. The predicted octanol–water partition coefficient (Wildman–Crippen LogP) is 3.23. The minimum atomic E-state index is 0.500. The predicted molar refractivity (Wildman–Crippen MR) is 127 cm³/mol. The lowest BCUT2D eigenvalue weighted by atomic mass is 9.87. The van der Waals surface area contributed by atoms with Gasteiger partial charge in [0.2, 0.25) is 0 Å². The lowest BCUT2D eigenvalue weighted by molar-refractivity contribution is 0.1000. The fourth-order valence-corrected chi connectivity index (χ4v) is 6.06. The molecule has 6 atom stereocenters. The molecule has 1 saturated heterocycles. The fourth-order valence-electron chi connectivity index (χ4n) is 6.06. The van der Waals surface area contributed by atoms with Crippen molar-refractivity contribution in [1.82, 2.24) is 20.4 Å². The van der Waals surface area contributed by atoms with Crippen LogP contribution in [0.4, 0.5) is 0 Å². The van der Waals surface area contributed by atoms with Gasteiger partial charge < -0.3 is 10.6 Å². The van der Waals surface area contributed by atoms with Gasteiger partial charge in [-0.25, -0.2) is 0 Å². The van der Waals surface area contributed by atoms with Gasteiger partial charge in [-0.3, -0.25) is 9.80 Å². The van der Waals surface area contributed by atoms with Crippen LogP contribution in [0, 0.1) is 24.7 Å². The molecule has 0 aromatic heterocycles. The van der Waals surface area contributed by atoms with Crippen LogP contribution in [-0.2, 0) is 0 Å². The van der Waals surface area contributed by atoms with Gasteiger partial charge in [0, 0.05) is 49.3 Å². The summed E-state index contributed by atoms with van der Waals surface area (Å²) in [4.78, 5) is 5.19. The van der Waals surface area contributed by atoms with Crippen molar-refractivity contribution in [3.63, 3.8) is 0 Å². The highest BCUT2D eigenvalue weighted by atomic mass is 15.2. The van der Waals surface area contributed by atoms with Gasteiger partial charge in [0.25, 0.3) is 0 Å². The van der Waals surface area contributed by atoms with E-state index in [2.05, 4.69) is 46.1 Å². The highest BCUT2D eigenvalue weighted by Crippen LogP contribution is 2.27. The van der Waals surface area contributed by atoms with Gasteiger partial charge in [0.05, 0.1) is 13.1 Å². The maximum Gasteiger partial charge on any atom is 0.0601 e. The van der Waals surface area contributed by atoms with Gasteiger partial charge in [0.1, 0.15) is 0 Å². The molecule has 0 radical (unpaired) electrons. The maximum atomic E-state index is 5.79. The van der Waals surface area contributed by atoms with E-state index in [0.29, 0.717) is 36.3 Å². The molecule has 30 heavy (non-hydrogen) atoms. The first-order valence-electron chi connectivity index (χ1n) is 12.5. The Labute approximate surface area is 185 Å². The van der Waals surface area contributed by atoms with Gasteiger partial charge in [-0.2, -0.15) is 0 Å². The SMILES string of the molecule is C#CCN1CCC(C)NC2CCCCC2N(CC#C)CCC(C)NC2CCCCC21. The third-order valence-corrected chi connectivity index (χ3v) is 7.68. The molecular weight excluding hydrogens is 368 g/mol. The maximum absolute atomic E-state index is 5.79. The number of fused-ring (bicyclic) bond motifs is 2. The van der Waals surface area contributed by atoms with E-state index in [0.717, 1.165) is 39.0 Å². The van der Waals surface area contributed by atoms with Crippen LogP contribution in [0.15, 0.2) is 0 Å². The smallest absolute Gasteiger partial charge is 0.0601 e. The van der Waals surface area contributed by atoms with Crippen molar-refractivity contribution < 1.29 is 0 Å². The quantitative estimate of drug-likeness (QED) is 0.682. The first kappa shape index (κ1) is 23.6. The average molecular weight is 413 g/mol. The van der Waals surface area contributed by atoms with Crippen molar-refractivity contribution in [2.45, 2.75) is 114 Å². The Kier molecular flexibility index (Phi) is 9.54. The topological polar surface area (TPSA) is 30.5 Å². The molecule has 0 spiro atoms. The van der Waals surface area contributed by atoms with E-state index in [1.54, 1.807) is 0 Å². The molecule has 4 heteroatoms. The van der Waals surface area contributed by atoms with E-state index in [-0.39, 0.29) is 0 Å². The molecule has 3 rings (SSSR count). The molecule has 2 aliphatic carbocycles. The molecule has 0 bridgehead atoms. The van der Waals surface area contributed by atoms with Crippen LogP contribution in [0.25, 0.3) is 0 Å². The molecule has 3 fully saturated rings. The van der Waals surface area contributed by atoms with E-state index in [1.807, 2.05) is 0 Å². The van der Waals surface area contributed by atoms with Crippen LogP contribution >= 0.6 is 0 Å². The van der Waals surface area contributed by atoms with E-state index < -0.39 is 0 Å². The molecule has 4 nitrogen and oxygen atoms in total. The lowest BCUT2D eigenvalue weighted by Gasteiger charge is -2.44. The summed E-state index contributed by atoms with van der Waals surface area (Å²) in [6.07, 6.45) is 24.2. The third kappa shape index (κ3) is 6.48. The average Bonchev–Trinajstić information content (AvgIpc) is 2.74. The van der Waals surface area contributed by atoms with E-state index in [1.165, 1.54) is 51.4 Å². The summed E-state index contributed by atoms with van der Waals surface area (Å²) >= 11 is 0. The Bertz CT molecular complexity index is 539. The Hall–Kier alpha value is -1.04. The molecule has 1 aliphatic heterocycles. The molecule has 0 aromatic carbocycles. The zero-order valence-corrected chi connectivity index (χ0v) is 19.4. The number of nitrogens with one attached hydrogen (secondary N) is 2. The normalized spacial score (nSPS) is 37.7. The van der Waals surface area contributed by atoms with Gasteiger partial charge in [-0.1, -0.05) is 37.5 Å². The van der Waals surface area contributed by atoms with Crippen LogP contribution < -0.4 is 10.6 Å². The Morgan fingerprint density at radius 3 is 1.47 bits per heavy atom. The summed E-state index contributed by atoms with van der Waals surface area (Å²) < 4.78 is 0. The highest BCUT2D eigenvalue weighted by molar-refractivity contribution is 4.99. The number of hydrogen-bond acceptors (Lipinski definition) is 4. The first-order chi connectivity index (χ1) is 14.6. The second-order valence-electron chi connectivity index (χ2n) is 9.98. The highest BCUT2D eigenvalue weighted by Gasteiger charge is 2.33.